The zero-order chi connectivity index (χ0) is 20.8. The zero-order valence-corrected chi connectivity index (χ0v) is 17.1. The molecule has 2 aromatic carbocycles. The number of carbonyl (C=O) groups is 2. The summed E-state index contributed by atoms with van der Waals surface area (Å²) in [4.78, 5) is 24.8. The van der Waals surface area contributed by atoms with Crippen LogP contribution in [0.3, 0.4) is 0 Å². The van der Waals surface area contributed by atoms with Crippen molar-refractivity contribution in [3.8, 4) is 11.5 Å². The monoisotopic (exact) mass is 394 g/mol. The first-order valence-electron chi connectivity index (χ1n) is 9.87. The molecule has 0 spiro atoms. The fourth-order valence-electron chi connectivity index (χ4n) is 3.45. The van der Waals surface area contributed by atoms with Crippen LogP contribution in [-0.4, -0.2) is 31.6 Å². The minimum absolute atomic E-state index is 0.191. The fraction of sp³-hybridized carbons (Fsp3) is 0.333. The Hall–Kier alpha value is -3.08. The van der Waals surface area contributed by atoms with E-state index < -0.39 is 12.1 Å². The molecular weight excluding hydrogens is 368 g/mol. The smallest absolute Gasteiger partial charge is 0.331 e. The van der Waals surface area contributed by atoms with Crippen molar-refractivity contribution in [2.24, 2.45) is 0 Å². The Morgan fingerprint density at radius 3 is 2.62 bits per heavy atom. The van der Waals surface area contributed by atoms with Gasteiger partial charge in [-0.15, -0.1) is 0 Å². The number of methoxy groups -OCH3 is 1. The maximum Gasteiger partial charge on any atom is 0.331 e. The van der Waals surface area contributed by atoms with Gasteiger partial charge in [0.1, 0.15) is 0 Å². The minimum Gasteiger partial charge on any atom is -0.493 e. The molecule has 1 aliphatic rings. The number of carbonyl (C=O) groups excluding carboxylic acids is 2. The lowest BCUT2D eigenvalue weighted by Gasteiger charge is -2.12. The van der Waals surface area contributed by atoms with Crippen LogP contribution in [0.15, 0.2) is 42.5 Å². The molecule has 0 aromatic heterocycles. The van der Waals surface area contributed by atoms with E-state index >= 15 is 0 Å². The molecule has 0 fully saturated rings. The second-order valence-electron chi connectivity index (χ2n) is 6.96. The molecular formula is C24H26O5. The van der Waals surface area contributed by atoms with E-state index in [9.17, 15) is 9.59 Å². The lowest BCUT2D eigenvalue weighted by Crippen LogP contribution is -2.23. The van der Waals surface area contributed by atoms with Gasteiger partial charge in [-0.1, -0.05) is 18.2 Å². The van der Waals surface area contributed by atoms with E-state index in [-0.39, 0.29) is 5.78 Å². The van der Waals surface area contributed by atoms with E-state index in [0.717, 1.165) is 24.8 Å². The number of hydrogen-bond donors (Lipinski definition) is 0. The number of ketones is 1. The van der Waals surface area contributed by atoms with Gasteiger partial charge in [-0.25, -0.2) is 4.79 Å². The van der Waals surface area contributed by atoms with E-state index in [4.69, 9.17) is 14.2 Å². The molecule has 0 N–H and O–H groups in total. The Morgan fingerprint density at radius 1 is 1.07 bits per heavy atom. The van der Waals surface area contributed by atoms with Crippen LogP contribution in [0.1, 0.15) is 47.3 Å². The lowest BCUT2D eigenvalue weighted by atomic mass is 10.0. The van der Waals surface area contributed by atoms with Gasteiger partial charge in [0.15, 0.2) is 17.6 Å². The molecule has 0 radical (unpaired) electrons. The van der Waals surface area contributed by atoms with Crippen molar-refractivity contribution in [3.05, 3.63) is 64.7 Å². The van der Waals surface area contributed by atoms with Crippen LogP contribution in [0.25, 0.3) is 6.08 Å². The number of fused-ring (bicyclic) bond motifs is 1. The number of rotatable bonds is 8. The van der Waals surface area contributed by atoms with Gasteiger partial charge < -0.3 is 14.2 Å². The van der Waals surface area contributed by atoms with Gasteiger partial charge in [0, 0.05) is 11.6 Å². The van der Waals surface area contributed by atoms with Crippen LogP contribution < -0.4 is 9.47 Å². The van der Waals surface area contributed by atoms with Gasteiger partial charge in [0.25, 0.3) is 0 Å². The lowest BCUT2D eigenvalue weighted by molar-refractivity contribution is -0.140. The first-order chi connectivity index (χ1) is 14.0. The summed E-state index contributed by atoms with van der Waals surface area (Å²) in [6.45, 7) is 4.03. The van der Waals surface area contributed by atoms with Crippen molar-refractivity contribution >= 4 is 17.8 Å². The maximum atomic E-state index is 12.6. The SMILES string of the molecule is CCOc1ccc(/C=C/C(=O)O[C@H](C)C(=O)c2ccc3c(c2)CCC3)cc1OC. The van der Waals surface area contributed by atoms with E-state index in [1.807, 2.05) is 31.2 Å². The van der Waals surface area contributed by atoms with Crippen molar-refractivity contribution in [2.75, 3.05) is 13.7 Å². The zero-order valence-electron chi connectivity index (χ0n) is 17.1. The highest BCUT2D eigenvalue weighted by Crippen LogP contribution is 2.28. The highest BCUT2D eigenvalue weighted by molar-refractivity contribution is 6.01. The second-order valence-corrected chi connectivity index (χ2v) is 6.96. The number of hydrogen-bond acceptors (Lipinski definition) is 5. The van der Waals surface area contributed by atoms with E-state index in [0.29, 0.717) is 23.7 Å². The average molecular weight is 394 g/mol. The van der Waals surface area contributed by atoms with Crippen molar-refractivity contribution in [1.82, 2.24) is 0 Å². The number of benzene rings is 2. The Bertz CT molecular complexity index is 929. The van der Waals surface area contributed by atoms with Crippen molar-refractivity contribution < 1.29 is 23.8 Å². The normalized spacial score (nSPS) is 13.8. The summed E-state index contributed by atoms with van der Waals surface area (Å²) in [6.07, 6.45) is 5.27. The Balaban J connectivity index is 1.61. The van der Waals surface area contributed by atoms with Crippen LogP contribution in [0.5, 0.6) is 11.5 Å². The number of esters is 1. The largest absolute Gasteiger partial charge is 0.493 e. The van der Waals surface area contributed by atoms with E-state index in [1.165, 1.54) is 17.2 Å². The van der Waals surface area contributed by atoms with E-state index in [1.54, 1.807) is 32.2 Å². The van der Waals surface area contributed by atoms with Gasteiger partial charge in [-0.3, -0.25) is 4.79 Å². The maximum absolute atomic E-state index is 12.6. The Kier molecular flexibility index (Phi) is 6.70. The molecule has 5 nitrogen and oxygen atoms in total. The van der Waals surface area contributed by atoms with Gasteiger partial charge >= 0.3 is 5.97 Å². The summed E-state index contributed by atoms with van der Waals surface area (Å²) in [5, 5.41) is 0. The molecule has 2 aromatic rings. The van der Waals surface area contributed by atoms with Gasteiger partial charge in [0.05, 0.1) is 13.7 Å². The minimum atomic E-state index is -0.846. The summed E-state index contributed by atoms with van der Waals surface area (Å²) >= 11 is 0. The summed E-state index contributed by atoms with van der Waals surface area (Å²) in [5.74, 6) is 0.467. The predicted octanol–water partition coefficient (Wildman–Crippen LogP) is 4.41. The quantitative estimate of drug-likeness (QED) is 0.377. The molecule has 0 saturated heterocycles. The molecule has 1 aliphatic carbocycles. The number of aryl methyl sites for hydroxylation is 2. The topological polar surface area (TPSA) is 61.8 Å². The van der Waals surface area contributed by atoms with Crippen molar-refractivity contribution in [2.45, 2.75) is 39.2 Å². The van der Waals surface area contributed by atoms with Crippen LogP contribution in [0, 0.1) is 0 Å². The summed E-state index contributed by atoms with van der Waals surface area (Å²) in [6, 6.07) is 11.1. The fourth-order valence-corrected chi connectivity index (χ4v) is 3.45. The standard InChI is InChI=1S/C24H26O5/c1-4-28-21-12-8-17(14-22(21)27-3)9-13-23(25)29-16(2)24(26)20-11-10-18-6-5-7-19(18)15-20/h8-16H,4-7H2,1-3H3/b13-9+/t16-/m1/s1. The van der Waals surface area contributed by atoms with Crippen LogP contribution in [0.2, 0.25) is 0 Å². The first-order valence-corrected chi connectivity index (χ1v) is 9.87. The second kappa shape index (κ2) is 9.41. The third kappa shape index (κ3) is 5.05. The highest BCUT2D eigenvalue weighted by Gasteiger charge is 2.20. The van der Waals surface area contributed by atoms with Gasteiger partial charge in [-0.05, 0) is 74.1 Å². The molecule has 29 heavy (non-hydrogen) atoms. The van der Waals surface area contributed by atoms with Crippen molar-refractivity contribution in [3.63, 3.8) is 0 Å². The molecule has 0 bridgehead atoms. The molecule has 1 atom stereocenters. The molecule has 3 rings (SSSR count). The number of ether oxygens (including phenoxy) is 3. The van der Waals surface area contributed by atoms with E-state index in [2.05, 4.69) is 0 Å². The molecule has 152 valence electrons. The number of Topliss-reactive ketones (excluding diaryl/α,β-unsaturated/α-hetero) is 1. The third-order valence-electron chi connectivity index (χ3n) is 4.94. The summed E-state index contributed by atoms with van der Waals surface area (Å²) in [5.41, 5.74) is 3.88. The van der Waals surface area contributed by atoms with Crippen LogP contribution >= 0.6 is 0 Å². The highest BCUT2D eigenvalue weighted by atomic mass is 16.5. The molecule has 5 heteroatoms. The molecule has 0 aliphatic heterocycles. The molecule has 0 unspecified atom stereocenters. The Labute approximate surface area is 171 Å². The molecule has 0 saturated carbocycles. The predicted molar refractivity (Wildman–Crippen MR) is 112 cm³/mol. The molecule has 0 amide bonds. The summed E-state index contributed by atoms with van der Waals surface area (Å²) < 4.78 is 16.1. The van der Waals surface area contributed by atoms with Crippen LogP contribution in [-0.2, 0) is 22.4 Å². The Morgan fingerprint density at radius 2 is 1.86 bits per heavy atom. The summed E-state index contributed by atoms with van der Waals surface area (Å²) in [7, 11) is 1.56. The van der Waals surface area contributed by atoms with Crippen molar-refractivity contribution in [1.29, 1.82) is 0 Å². The molecule has 0 heterocycles. The average Bonchev–Trinajstić information content (AvgIpc) is 3.20. The van der Waals surface area contributed by atoms with Gasteiger partial charge in [-0.2, -0.15) is 0 Å². The van der Waals surface area contributed by atoms with Gasteiger partial charge in [0.2, 0.25) is 5.78 Å². The first kappa shape index (κ1) is 20.6. The van der Waals surface area contributed by atoms with Crippen LogP contribution in [0.4, 0.5) is 0 Å². The third-order valence-corrected chi connectivity index (χ3v) is 4.94.